The van der Waals surface area contributed by atoms with E-state index in [2.05, 4.69) is 15.3 Å². The van der Waals surface area contributed by atoms with Gasteiger partial charge in [0.25, 0.3) is 11.5 Å². The van der Waals surface area contributed by atoms with Crippen molar-refractivity contribution in [2.75, 3.05) is 5.32 Å². The highest BCUT2D eigenvalue weighted by molar-refractivity contribution is 6.02. The second-order valence-electron chi connectivity index (χ2n) is 4.60. The summed E-state index contributed by atoms with van der Waals surface area (Å²) < 4.78 is 14.5. The fourth-order valence-electron chi connectivity index (χ4n) is 2.00. The van der Waals surface area contributed by atoms with E-state index in [1.807, 2.05) is 0 Å². The van der Waals surface area contributed by atoms with Crippen LogP contribution in [0.1, 0.15) is 10.5 Å². The lowest BCUT2D eigenvalue weighted by atomic mass is 10.3. The van der Waals surface area contributed by atoms with Crippen LogP contribution in [0.5, 0.6) is 0 Å². The Morgan fingerprint density at radius 2 is 1.96 bits per heavy atom. The van der Waals surface area contributed by atoms with Gasteiger partial charge in [-0.1, -0.05) is 12.1 Å². The Balaban J connectivity index is 1.95. The standard InChI is InChI=1S/C16H11FN4O2/c17-11-4-3-5-12(10-11)21-9-8-19-14(16(21)23)20-15(22)13-6-1-2-7-18-13/h1-10H,(H,19,20,22). The zero-order chi connectivity index (χ0) is 16.2. The molecule has 114 valence electrons. The summed E-state index contributed by atoms with van der Waals surface area (Å²) in [6.45, 7) is 0. The molecule has 0 fully saturated rings. The number of carbonyl (C=O) groups is 1. The monoisotopic (exact) mass is 310 g/mol. The predicted molar refractivity (Wildman–Crippen MR) is 82.0 cm³/mol. The molecule has 2 heterocycles. The third kappa shape index (κ3) is 3.13. The molecule has 1 N–H and O–H groups in total. The quantitative estimate of drug-likeness (QED) is 0.803. The number of benzene rings is 1. The van der Waals surface area contributed by atoms with Crippen molar-refractivity contribution in [2.45, 2.75) is 0 Å². The first-order valence-corrected chi connectivity index (χ1v) is 6.71. The molecule has 0 bridgehead atoms. The van der Waals surface area contributed by atoms with E-state index in [1.165, 1.54) is 47.4 Å². The van der Waals surface area contributed by atoms with Crippen molar-refractivity contribution in [1.82, 2.24) is 14.5 Å². The van der Waals surface area contributed by atoms with Gasteiger partial charge in [-0.3, -0.25) is 19.1 Å². The number of hydrogen-bond acceptors (Lipinski definition) is 4. The van der Waals surface area contributed by atoms with Crippen LogP contribution < -0.4 is 10.9 Å². The maximum Gasteiger partial charge on any atom is 0.298 e. The van der Waals surface area contributed by atoms with Crippen LogP contribution in [-0.4, -0.2) is 20.4 Å². The van der Waals surface area contributed by atoms with Gasteiger partial charge < -0.3 is 5.32 Å². The topological polar surface area (TPSA) is 76.9 Å². The summed E-state index contributed by atoms with van der Waals surface area (Å²) in [5, 5.41) is 2.41. The summed E-state index contributed by atoms with van der Waals surface area (Å²) in [7, 11) is 0. The second-order valence-corrected chi connectivity index (χ2v) is 4.60. The van der Waals surface area contributed by atoms with Gasteiger partial charge in [0.05, 0.1) is 5.69 Å². The van der Waals surface area contributed by atoms with Gasteiger partial charge in [0.1, 0.15) is 11.5 Å². The Hall–Kier alpha value is -3.35. The highest BCUT2D eigenvalue weighted by atomic mass is 19.1. The van der Waals surface area contributed by atoms with Crippen molar-refractivity contribution in [1.29, 1.82) is 0 Å². The lowest BCUT2D eigenvalue weighted by Gasteiger charge is -2.08. The molecule has 0 aliphatic carbocycles. The third-order valence-electron chi connectivity index (χ3n) is 3.06. The summed E-state index contributed by atoms with van der Waals surface area (Å²) in [6, 6.07) is 10.4. The molecule has 2 aromatic heterocycles. The number of pyridine rings is 1. The fraction of sp³-hybridized carbons (Fsp3) is 0. The normalized spacial score (nSPS) is 10.3. The van der Waals surface area contributed by atoms with Crippen molar-refractivity contribution < 1.29 is 9.18 Å². The Kier molecular flexibility index (Phi) is 3.92. The molecule has 0 radical (unpaired) electrons. The number of aromatic nitrogens is 3. The summed E-state index contributed by atoms with van der Waals surface area (Å²) in [5.41, 5.74) is -0.0667. The largest absolute Gasteiger partial charge is 0.301 e. The van der Waals surface area contributed by atoms with E-state index >= 15 is 0 Å². The molecule has 23 heavy (non-hydrogen) atoms. The van der Waals surface area contributed by atoms with E-state index in [0.29, 0.717) is 5.69 Å². The zero-order valence-electron chi connectivity index (χ0n) is 11.8. The smallest absolute Gasteiger partial charge is 0.298 e. The maximum absolute atomic E-state index is 13.3. The second kappa shape index (κ2) is 6.18. The minimum atomic E-state index is -0.567. The molecule has 3 aromatic rings. The molecular formula is C16H11FN4O2. The number of amides is 1. The summed E-state index contributed by atoms with van der Waals surface area (Å²) >= 11 is 0. The van der Waals surface area contributed by atoms with Crippen LogP contribution in [0.15, 0.2) is 65.8 Å². The molecule has 1 aromatic carbocycles. The van der Waals surface area contributed by atoms with Gasteiger partial charge in [-0.2, -0.15) is 0 Å². The Morgan fingerprint density at radius 1 is 1.09 bits per heavy atom. The van der Waals surface area contributed by atoms with Gasteiger partial charge in [0.2, 0.25) is 0 Å². The highest BCUT2D eigenvalue weighted by Gasteiger charge is 2.12. The molecular weight excluding hydrogens is 299 g/mol. The van der Waals surface area contributed by atoms with Crippen LogP contribution in [0, 0.1) is 5.82 Å². The predicted octanol–water partition coefficient (Wildman–Crippen LogP) is 2.02. The van der Waals surface area contributed by atoms with Crippen LogP contribution in [0.3, 0.4) is 0 Å². The Morgan fingerprint density at radius 3 is 2.70 bits per heavy atom. The summed E-state index contributed by atoms with van der Waals surface area (Å²) in [6.07, 6.45) is 4.21. The van der Waals surface area contributed by atoms with Crippen molar-refractivity contribution in [2.24, 2.45) is 0 Å². The average Bonchev–Trinajstić information content (AvgIpc) is 2.57. The molecule has 0 spiro atoms. The van der Waals surface area contributed by atoms with Crippen LogP contribution >= 0.6 is 0 Å². The highest BCUT2D eigenvalue weighted by Crippen LogP contribution is 2.08. The minimum Gasteiger partial charge on any atom is -0.301 e. The number of halogens is 1. The maximum atomic E-state index is 13.3. The minimum absolute atomic E-state index is 0.160. The van der Waals surface area contributed by atoms with E-state index in [-0.39, 0.29) is 11.5 Å². The molecule has 6 nitrogen and oxygen atoms in total. The third-order valence-corrected chi connectivity index (χ3v) is 3.06. The van der Waals surface area contributed by atoms with Gasteiger partial charge in [-0.15, -0.1) is 0 Å². The van der Waals surface area contributed by atoms with Gasteiger partial charge in [0, 0.05) is 18.6 Å². The van der Waals surface area contributed by atoms with Crippen LogP contribution in [0.4, 0.5) is 10.2 Å². The van der Waals surface area contributed by atoms with Crippen molar-refractivity contribution >= 4 is 11.7 Å². The summed E-state index contributed by atoms with van der Waals surface area (Å²) in [5.74, 6) is -1.18. The fourth-order valence-corrected chi connectivity index (χ4v) is 2.00. The SMILES string of the molecule is O=C(Nc1nccn(-c2cccc(F)c2)c1=O)c1ccccn1. The molecule has 1 amide bonds. The van der Waals surface area contributed by atoms with E-state index in [1.54, 1.807) is 18.2 Å². The Labute approximate surface area is 130 Å². The molecule has 0 aliphatic heterocycles. The van der Waals surface area contributed by atoms with Gasteiger partial charge in [0.15, 0.2) is 5.82 Å². The van der Waals surface area contributed by atoms with Gasteiger partial charge >= 0.3 is 0 Å². The van der Waals surface area contributed by atoms with Crippen LogP contribution in [0.25, 0.3) is 5.69 Å². The lowest BCUT2D eigenvalue weighted by Crippen LogP contribution is -2.26. The first kappa shape index (κ1) is 14.6. The van der Waals surface area contributed by atoms with E-state index < -0.39 is 17.3 Å². The zero-order valence-corrected chi connectivity index (χ0v) is 11.8. The number of nitrogens with one attached hydrogen (secondary N) is 1. The van der Waals surface area contributed by atoms with Crippen LogP contribution in [-0.2, 0) is 0 Å². The van der Waals surface area contributed by atoms with Gasteiger partial charge in [-0.05, 0) is 30.3 Å². The summed E-state index contributed by atoms with van der Waals surface area (Å²) in [4.78, 5) is 32.2. The number of rotatable bonds is 3. The van der Waals surface area contributed by atoms with Crippen molar-refractivity contribution in [3.8, 4) is 5.69 Å². The van der Waals surface area contributed by atoms with Crippen molar-refractivity contribution in [3.63, 3.8) is 0 Å². The molecule has 3 rings (SSSR count). The first-order chi connectivity index (χ1) is 11.1. The molecule has 0 saturated heterocycles. The molecule has 0 aliphatic rings. The van der Waals surface area contributed by atoms with E-state index in [9.17, 15) is 14.0 Å². The number of nitrogens with zero attached hydrogens (tertiary/aromatic N) is 3. The van der Waals surface area contributed by atoms with E-state index in [0.717, 1.165) is 0 Å². The number of carbonyl (C=O) groups excluding carboxylic acids is 1. The average molecular weight is 310 g/mol. The Bertz CT molecular complexity index is 909. The van der Waals surface area contributed by atoms with E-state index in [4.69, 9.17) is 0 Å². The first-order valence-electron chi connectivity index (χ1n) is 6.71. The molecule has 0 atom stereocenters. The van der Waals surface area contributed by atoms with Gasteiger partial charge in [-0.25, -0.2) is 9.37 Å². The number of hydrogen-bond donors (Lipinski definition) is 1. The molecule has 0 saturated carbocycles. The number of anilines is 1. The van der Waals surface area contributed by atoms with Crippen molar-refractivity contribution in [3.05, 3.63) is 82.9 Å². The van der Waals surface area contributed by atoms with Crippen LogP contribution in [0.2, 0.25) is 0 Å². The molecule has 7 heteroatoms. The molecule has 0 unspecified atom stereocenters. The lowest BCUT2D eigenvalue weighted by molar-refractivity contribution is 0.102.